The van der Waals surface area contributed by atoms with Crippen molar-refractivity contribution < 1.29 is 0 Å². The van der Waals surface area contributed by atoms with Crippen molar-refractivity contribution in [1.29, 1.82) is 21.0 Å². The largest absolute Gasteiger partial charge is 0.310 e. The summed E-state index contributed by atoms with van der Waals surface area (Å²) in [5, 5.41) is 42.8. The van der Waals surface area contributed by atoms with E-state index < -0.39 is 0 Å². The fourth-order valence-corrected chi connectivity index (χ4v) is 8.30. The van der Waals surface area contributed by atoms with Crippen LogP contribution in [0.1, 0.15) is 72.2 Å². The lowest BCUT2D eigenvalue weighted by molar-refractivity contribution is 0.631. The molecule has 0 bridgehead atoms. The first kappa shape index (κ1) is 32.1. The van der Waals surface area contributed by atoms with Gasteiger partial charge in [-0.3, -0.25) is 0 Å². The number of fused-ring (bicyclic) bond motifs is 4. The molecule has 0 radical (unpaired) electrons. The summed E-state index contributed by atoms with van der Waals surface area (Å²) in [5.74, 6) is 0. The lowest BCUT2D eigenvalue weighted by Crippen LogP contribution is -2.30. The van der Waals surface area contributed by atoms with Crippen LogP contribution in [0, 0.1) is 45.3 Å². The van der Waals surface area contributed by atoms with Gasteiger partial charge in [-0.25, -0.2) is 0 Å². The Bertz CT molecular complexity index is 2300. The molecule has 0 saturated carbocycles. The maximum Gasteiger partial charge on any atom is 0.0999 e. The van der Waals surface area contributed by atoms with Crippen molar-refractivity contribution in [3.8, 4) is 35.4 Å². The Morgan fingerprint density at radius 2 is 0.615 bits per heavy atom. The van der Waals surface area contributed by atoms with Crippen LogP contribution >= 0.6 is 0 Å². The van der Waals surface area contributed by atoms with Gasteiger partial charge in [0.05, 0.1) is 69.3 Å². The Hall–Kier alpha value is -7.12. The highest BCUT2D eigenvalue weighted by atomic mass is 15.2. The van der Waals surface area contributed by atoms with Gasteiger partial charge in [-0.2, -0.15) is 21.0 Å². The van der Waals surface area contributed by atoms with Crippen LogP contribution in [0.5, 0.6) is 0 Å². The van der Waals surface area contributed by atoms with Gasteiger partial charge in [0.2, 0.25) is 0 Å². The minimum atomic E-state index is -0.282. The number of hydrogen-bond donors (Lipinski definition) is 0. The van der Waals surface area contributed by atoms with Crippen LogP contribution in [0.2, 0.25) is 0 Å². The molecular formula is C46H32N6. The van der Waals surface area contributed by atoms with Crippen LogP contribution in [-0.2, 0) is 10.8 Å². The Morgan fingerprint density at radius 3 is 0.846 bits per heavy atom. The van der Waals surface area contributed by atoms with Gasteiger partial charge >= 0.3 is 0 Å². The number of nitrogens with zero attached hydrogens (tertiary/aromatic N) is 6. The molecule has 8 rings (SSSR count). The molecule has 2 heterocycles. The van der Waals surface area contributed by atoms with Gasteiger partial charge in [0.1, 0.15) is 0 Å². The summed E-state index contributed by atoms with van der Waals surface area (Å²) in [7, 11) is 0. The number of nitriles is 4. The van der Waals surface area contributed by atoms with E-state index in [1.54, 1.807) is 24.3 Å². The van der Waals surface area contributed by atoms with Crippen LogP contribution in [0.3, 0.4) is 0 Å². The zero-order chi connectivity index (χ0) is 36.4. The Labute approximate surface area is 303 Å². The summed E-state index contributed by atoms with van der Waals surface area (Å²) in [4.78, 5) is 4.18. The van der Waals surface area contributed by atoms with Gasteiger partial charge in [0, 0.05) is 33.3 Å². The number of hydrogen-bond acceptors (Lipinski definition) is 6. The van der Waals surface area contributed by atoms with Crippen molar-refractivity contribution >= 4 is 34.1 Å². The molecule has 0 saturated heterocycles. The third kappa shape index (κ3) is 4.53. The summed E-state index contributed by atoms with van der Waals surface area (Å²) < 4.78 is 0. The van der Waals surface area contributed by atoms with Gasteiger partial charge < -0.3 is 9.80 Å². The topological polar surface area (TPSA) is 102 Å². The Kier molecular flexibility index (Phi) is 7.25. The summed E-state index contributed by atoms with van der Waals surface area (Å²) >= 11 is 0. The summed E-state index contributed by atoms with van der Waals surface area (Å²) in [6, 6.07) is 49.0. The molecule has 6 aromatic rings. The van der Waals surface area contributed by atoms with Crippen molar-refractivity contribution in [1.82, 2.24) is 0 Å². The molecule has 0 aromatic heterocycles. The molecule has 0 spiro atoms. The molecule has 0 atom stereocenters. The molecule has 2 aliphatic heterocycles. The SMILES string of the molecule is CC1(C)c2ccccc2N(c2cc(C#N)c(-c3c(C#N)cc(N4c5ccccc5C(C)(C)c5ccccc54)cc3C#N)c(C#N)c2)c2ccccc21. The lowest BCUT2D eigenvalue weighted by Gasteiger charge is -2.42. The normalized spacial score (nSPS) is 14.3. The maximum absolute atomic E-state index is 10.7. The van der Waals surface area contributed by atoms with Gasteiger partial charge in [-0.05, 0) is 70.8 Å². The summed E-state index contributed by atoms with van der Waals surface area (Å²) in [5.41, 5.74) is 10.4. The zero-order valence-electron chi connectivity index (χ0n) is 29.2. The van der Waals surface area contributed by atoms with Gasteiger partial charge in [-0.15, -0.1) is 0 Å². The first-order chi connectivity index (χ1) is 25.1. The molecule has 6 aromatic carbocycles. The number of rotatable bonds is 3. The number of anilines is 6. The van der Waals surface area contributed by atoms with E-state index in [9.17, 15) is 21.0 Å². The monoisotopic (exact) mass is 668 g/mol. The molecule has 2 aliphatic rings. The standard InChI is InChI=1S/C46H32N6/c1-45(2)35-13-5-9-17-39(35)51(40-18-10-6-14-36(40)45)33-21-29(25-47)43(30(22-33)26-48)44-31(27-49)23-34(24-32(44)28-50)52-41-19-11-7-15-37(41)46(3,4)38-16-8-12-20-42(38)52/h5-24H,1-4H3. The quantitative estimate of drug-likeness (QED) is 0.186. The van der Waals surface area contributed by atoms with Crippen molar-refractivity contribution in [2.45, 2.75) is 38.5 Å². The van der Waals surface area contributed by atoms with E-state index in [1.165, 1.54) is 0 Å². The van der Waals surface area contributed by atoms with Crippen LogP contribution in [0.4, 0.5) is 34.1 Å². The van der Waals surface area contributed by atoms with Crippen molar-refractivity contribution in [2.24, 2.45) is 0 Å². The predicted molar refractivity (Wildman–Crippen MR) is 204 cm³/mol. The minimum Gasteiger partial charge on any atom is -0.310 e. The first-order valence-corrected chi connectivity index (χ1v) is 17.1. The van der Waals surface area contributed by atoms with E-state index in [0.717, 1.165) is 45.0 Å². The third-order valence-electron chi connectivity index (χ3n) is 10.8. The number of para-hydroxylation sites is 4. The Balaban J connectivity index is 1.34. The van der Waals surface area contributed by atoms with E-state index in [2.05, 4.69) is 110 Å². The zero-order valence-corrected chi connectivity index (χ0v) is 29.2. The second-order valence-corrected chi connectivity index (χ2v) is 14.3. The smallest absolute Gasteiger partial charge is 0.0999 e. The molecule has 6 heteroatoms. The minimum absolute atomic E-state index is 0.199. The molecular weight excluding hydrogens is 637 g/mol. The highest BCUT2D eigenvalue weighted by molar-refractivity contribution is 5.94. The second kappa shape index (κ2) is 11.7. The fraction of sp³-hybridized carbons (Fsp3) is 0.130. The van der Waals surface area contributed by atoms with Gasteiger partial charge in [0.25, 0.3) is 0 Å². The van der Waals surface area contributed by atoms with Gasteiger partial charge in [-0.1, -0.05) is 100 Å². The lowest BCUT2D eigenvalue weighted by atomic mass is 9.73. The molecule has 52 heavy (non-hydrogen) atoms. The van der Waals surface area contributed by atoms with Crippen LogP contribution < -0.4 is 9.80 Å². The molecule has 0 fully saturated rings. The van der Waals surface area contributed by atoms with Crippen LogP contribution in [-0.4, -0.2) is 0 Å². The van der Waals surface area contributed by atoms with E-state index in [4.69, 9.17) is 0 Å². The molecule has 0 aliphatic carbocycles. The average Bonchev–Trinajstić information content (AvgIpc) is 3.17. The van der Waals surface area contributed by atoms with Crippen molar-refractivity contribution in [3.05, 3.63) is 166 Å². The van der Waals surface area contributed by atoms with Crippen LogP contribution in [0.15, 0.2) is 121 Å². The molecule has 0 amide bonds. The molecule has 0 unspecified atom stereocenters. The highest BCUT2D eigenvalue weighted by Crippen LogP contribution is 2.54. The summed E-state index contributed by atoms with van der Waals surface area (Å²) in [6.45, 7) is 8.80. The fourth-order valence-electron chi connectivity index (χ4n) is 8.30. The van der Waals surface area contributed by atoms with E-state index in [-0.39, 0.29) is 44.2 Å². The van der Waals surface area contributed by atoms with E-state index >= 15 is 0 Å². The third-order valence-corrected chi connectivity index (χ3v) is 10.8. The second-order valence-electron chi connectivity index (χ2n) is 14.3. The van der Waals surface area contributed by atoms with Gasteiger partial charge in [0.15, 0.2) is 0 Å². The number of benzene rings is 6. The van der Waals surface area contributed by atoms with Crippen molar-refractivity contribution in [2.75, 3.05) is 9.80 Å². The molecule has 246 valence electrons. The molecule has 6 nitrogen and oxygen atoms in total. The van der Waals surface area contributed by atoms with Crippen LogP contribution in [0.25, 0.3) is 11.1 Å². The summed E-state index contributed by atoms with van der Waals surface area (Å²) in [6.07, 6.45) is 0. The predicted octanol–water partition coefficient (Wildman–Crippen LogP) is 11.1. The van der Waals surface area contributed by atoms with E-state index in [1.807, 2.05) is 48.5 Å². The Morgan fingerprint density at radius 1 is 0.385 bits per heavy atom. The first-order valence-electron chi connectivity index (χ1n) is 17.1. The van der Waals surface area contributed by atoms with Crippen molar-refractivity contribution in [3.63, 3.8) is 0 Å². The maximum atomic E-state index is 10.7. The van der Waals surface area contributed by atoms with E-state index in [0.29, 0.717) is 11.4 Å². The average molecular weight is 669 g/mol. The molecule has 0 N–H and O–H groups in total. The highest BCUT2D eigenvalue weighted by Gasteiger charge is 2.38.